The van der Waals surface area contributed by atoms with E-state index in [-0.39, 0.29) is 43.1 Å². The second kappa shape index (κ2) is 9.01. The van der Waals surface area contributed by atoms with Crippen molar-refractivity contribution in [1.29, 1.82) is 0 Å². The average molecular weight is 442 g/mol. The van der Waals surface area contributed by atoms with Crippen LogP contribution in [-0.2, 0) is 22.5 Å². The van der Waals surface area contributed by atoms with Gasteiger partial charge in [-0.3, -0.25) is 14.0 Å². The van der Waals surface area contributed by atoms with E-state index in [2.05, 4.69) is 4.98 Å². The Morgan fingerprint density at radius 3 is 2.53 bits per heavy atom. The Labute approximate surface area is 174 Å². The number of methoxy groups -OCH3 is 1. The third-order valence-corrected chi connectivity index (χ3v) is 4.69. The number of ketones is 1. The van der Waals surface area contributed by atoms with Crippen LogP contribution in [0.1, 0.15) is 18.4 Å². The van der Waals surface area contributed by atoms with Crippen LogP contribution >= 0.6 is 11.6 Å². The van der Waals surface area contributed by atoms with Crippen LogP contribution < -0.4 is 5.56 Å². The van der Waals surface area contributed by atoms with Gasteiger partial charge >= 0.3 is 6.18 Å². The van der Waals surface area contributed by atoms with Gasteiger partial charge < -0.3 is 9.30 Å². The normalized spacial score (nSPS) is 11.9. The molecule has 3 aromatic rings. The van der Waals surface area contributed by atoms with Crippen molar-refractivity contribution in [3.05, 3.63) is 57.6 Å². The summed E-state index contributed by atoms with van der Waals surface area (Å²) in [6.07, 6.45) is -2.71. The number of Topliss-reactive ketones (excluding diaryl/α,β-unsaturated/α-hetero) is 1. The molecule has 0 unspecified atom stereocenters. The molecular formula is C20H19ClF3N3O3. The highest BCUT2D eigenvalue weighted by Gasteiger charge is 2.26. The summed E-state index contributed by atoms with van der Waals surface area (Å²) in [6, 6.07) is 6.80. The van der Waals surface area contributed by atoms with Crippen molar-refractivity contribution in [2.45, 2.75) is 32.0 Å². The highest BCUT2D eigenvalue weighted by Crippen LogP contribution is 2.23. The summed E-state index contributed by atoms with van der Waals surface area (Å²) in [5.41, 5.74) is 0.876. The smallest absolute Gasteiger partial charge is 0.377 e. The number of fused-ring (bicyclic) bond motifs is 1. The predicted molar refractivity (Wildman–Crippen MR) is 106 cm³/mol. The van der Waals surface area contributed by atoms with Gasteiger partial charge in [-0.15, -0.1) is 0 Å². The maximum Gasteiger partial charge on any atom is 0.389 e. The van der Waals surface area contributed by atoms with Gasteiger partial charge in [-0.1, -0.05) is 23.7 Å². The SMILES string of the molecule is COCC(=O)Cc1cn(CCCC(F)(F)F)c2nc(-c3ccc(Cl)cc3)cn2c1=O. The van der Waals surface area contributed by atoms with Crippen LogP contribution in [0, 0.1) is 0 Å². The van der Waals surface area contributed by atoms with E-state index in [1.807, 2.05) is 0 Å². The molecule has 0 aliphatic rings. The van der Waals surface area contributed by atoms with Crippen LogP contribution in [0.2, 0.25) is 5.02 Å². The second-order valence-corrected chi connectivity index (χ2v) is 7.26. The zero-order valence-corrected chi connectivity index (χ0v) is 16.8. The van der Waals surface area contributed by atoms with E-state index in [0.29, 0.717) is 16.3 Å². The van der Waals surface area contributed by atoms with E-state index in [1.165, 1.54) is 28.5 Å². The van der Waals surface area contributed by atoms with Gasteiger partial charge in [-0.25, -0.2) is 4.98 Å². The molecule has 0 N–H and O–H groups in total. The van der Waals surface area contributed by atoms with Gasteiger partial charge in [-0.2, -0.15) is 13.2 Å². The van der Waals surface area contributed by atoms with E-state index in [1.54, 1.807) is 24.3 Å². The number of imidazole rings is 1. The Kier molecular flexibility index (Phi) is 6.62. The minimum absolute atomic E-state index is 0.00811. The Morgan fingerprint density at radius 2 is 1.90 bits per heavy atom. The maximum absolute atomic E-state index is 12.9. The van der Waals surface area contributed by atoms with Crippen molar-refractivity contribution in [1.82, 2.24) is 14.0 Å². The number of aromatic nitrogens is 3. The zero-order valence-electron chi connectivity index (χ0n) is 16.1. The molecule has 1 aromatic carbocycles. The summed E-state index contributed by atoms with van der Waals surface area (Å²) in [5.74, 6) is -0.108. The van der Waals surface area contributed by atoms with Crippen molar-refractivity contribution in [3.8, 4) is 11.3 Å². The lowest BCUT2D eigenvalue weighted by Crippen LogP contribution is -2.25. The first kappa shape index (κ1) is 22.0. The average Bonchev–Trinajstić information content (AvgIpc) is 3.11. The molecule has 0 amide bonds. The number of carbonyl (C=O) groups excluding carboxylic acids is 1. The van der Waals surface area contributed by atoms with Gasteiger partial charge in [0.2, 0.25) is 5.78 Å². The standard InChI is InChI=1S/C20H19ClF3N3O3/c1-30-12-16(28)9-14-10-26(8-2-7-20(22,23)24)19-25-17(11-27(19)18(14)29)13-3-5-15(21)6-4-13/h3-6,10-11H,2,7-9,12H2,1H3. The highest BCUT2D eigenvalue weighted by molar-refractivity contribution is 6.30. The summed E-state index contributed by atoms with van der Waals surface area (Å²) >= 11 is 5.90. The molecule has 10 heteroatoms. The molecule has 30 heavy (non-hydrogen) atoms. The second-order valence-electron chi connectivity index (χ2n) is 6.82. The molecule has 2 aromatic heterocycles. The molecular weight excluding hydrogens is 423 g/mol. The minimum Gasteiger partial charge on any atom is -0.377 e. The van der Waals surface area contributed by atoms with Crippen molar-refractivity contribution >= 4 is 23.2 Å². The van der Waals surface area contributed by atoms with Gasteiger partial charge in [0.1, 0.15) is 6.61 Å². The molecule has 2 heterocycles. The summed E-state index contributed by atoms with van der Waals surface area (Å²) in [5, 5.41) is 0.535. The van der Waals surface area contributed by atoms with Crippen LogP contribution in [0.15, 0.2) is 41.5 Å². The van der Waals surface area contributed by atoms with Crippen LogP contribution in [0.4, 0.5) is 13.2 Å². The summed E-state index contributed by atoms with van der Waals surface area (Å²) in [4.78, 5) is 29.3. The molecule has 0 aliphatic heterocycles. The lowest BCUT2D eigenvalue weighted by Gasteiger charge is -2.12. The van der Waals surface area contributed by atoms with Crippen LogP contribution in [0.25, 0.3) is 17.0 Å². The number of carbonyl (C=O) groups is 1. The van der Waals surface area contributed by atoms with Crippen LogP contribution in [-0.4, -0.2) is 39.6 Å². The minimum atomic E-state index is -4.28. The first-order chi connectivity index (χ1) is 14.2. The quantitative estimate of drug-likeness (QED) is 0.531. The fourth-order valence-electron chi connectivity index (χ4n) is 3.10. The van der Waals surface area contributed by atoms with Crippen molar-refractivity contribution < 1.29 is 22.7 Å². The lowest BCUT2D eigenvalue weighted by atomic mass is 10.1. The van der Waals surface area contributed by atoms with Crippen LogP contribution in [0.3, 0.4) is 0 Å². The number of rotatable bonds is 8. The van der Waals surface area contributed by atoms with E-state index >= 15 is 0 Å². The first-order valence-electron chi connectivity index (χ1n) is 9.12. The Bertz CT molecular complexity index is 1100. The molecule has 0 aliphatic carbocycles. The molecule has 0 radical (unpaired) electrons. The van der Waals surface area contributed by atoms with E-state index in [9.17, 15) is 22.8 Å². The van der Waals surface area contributed by atoms with Gasteiger partial charge in [0.25, 0.3) is 5.56 Å². The molecule has 0 atom stereocenters. The van der Waals surface area contributed by atoms with Gasteiger partial charge in [0.15, 0.2) is 5.78 Å². The fourth-order valence-corrected chi connectivity index (χ4v) is 3.22. The van der Waals surface area contributed by atoms with E-state index in [4.69, 9.17) is 16.3 Å². The monoisotopic (exact) mass is 441 g/mol. The molecule has 0 saturated carbocycles. The number of halogens is 4. The van der Waals surface area contributed by atoms with E-state index < -0.39 is 18.2 Å². The van der Waals surface area contributed by atoms with Gasteiger partial charge in [-0.05, 0) is 18.6 Å². The molecule has 0 bridgehead atoms. The topological polar surface area (TPSA) is 65.6 Å². The van der Waals surface area contributed by atoms with Crippen molar-refractivity contribution in [2.24, 2.45) is 0 Å². The van der Waals surface area contributed by atoms with E-state index in [0.717, 1.165) is 0 Å². The van der Waals surface area contributed by atoms with Gasteiger partial charge in [0.05, 0.1) is 5.69 Å². The zero-order chi connectivity index (χ0) is 21.9. The Hall–Kier alpha value is -2.65. The number of benzene rings is 1. The summed E-state index contributed by atoms with van der Waals surface area (Å²) < 4.78 is 45.3. The van der Waals surface area contributed by atoms with Crippen molar-refractivity contribution in [2.75, 3.05) is 13.7 Å². The maximum atomic E-state index is 12.9. The van der Waals surface area contributed by atoms with Gasteiger partial charge in [0, 0.05) is 55.0 Å². The largest absolute Gasteiger partial charge is 0.389 e. The lowest BCUT2D eigenvalue weighted by molar-refractivity contribution is -0.135. The molecule has 160 valence electrons. The van der Waals surface area contributed by atoms with Crippen molar-refractivity contribution in [3.63, 3.8) is 0 Å². The molecule has 3 rings (SSSR count). The number of nitrogens with zero attached hydrogens (tertiary/aromatic N) is 3. The molecule has 6 nitrogen and oxygen atoms in total. The predicted octanol–water partition coefficient (Wildman–Crippen LogP) is 3.92. The molecule has 0 spiro atoms. The van der Waals surface area contributed by atoms with Crippen LogP contribution in [0.5, 0.6) is 0 Å². The highest BCUT2D eigenvalue weighted by atomic mass is 35.5. The summed E-state index contributed by atoms with van der Waals surface area (Å²) in [6.45, 7) is -0.169. The number of ether oxygens (including phenoxy) is 1. The third-order valence-electron chi connectivity index (χ3n) is 4.44. The molecule has 0 fully saturated rings. The number of hydrogen-bond acceptors (Lipinski definition) is 4. The Morgan fingerprint density at radius 1 is 1.20 bits per heavy atom. The number of hydrogen-bond donors (Lipinski definition) is 0. The number of alkyl halides is 3. The third kappa shape index (κ3) is 5.28. The first-order valence-corrected chi connectivity index (χ1v) is 9.50. The molecule has 0 saturated heterocycles. The summed E-state index contributed by atoms with van der Waals surface area (Å²) in [7, 11) is 1.37. The fraction of sp³-hybridized carbons (Fsp3) is 0.350. The number of aryl methyl sites for hydroxylation is 1. The Balaban J connectivity index is 2.05.